The van der Waals surface area contributed by atoms with Gasteiger partial charge in [0.1, 0.15) is 0 Å². The molecule has 0 spiro atoms. The number of benzene rings is 2. The second-order valence-corrected chi connectivity index (χ2v) is 6.85. The molecule has 0 unspecified atom stereocenters. The maximum atomic E-state index is 13.2. The Bertz CT molecular complexity index is 904. The fraction of sp³-hybridized carbons (Fsp3) is 0.222. The van der Waals surface area contributed by atoms with Gasteiger partial charge >= 0.3 is 12.3 Å². The minimum Gasteiger partial charge on any atom is -0.434 e. The summed E-state index contributed by atoms with van der Waals surface area (Å²) < 4.78 is 44.6. The number of carbonyl (C=O) groups is 2. The largest absolute Gasteiger partial charge is 0.434 e. The normalized spacial score (nSPS) is 17.6. The molecular formula is C18H13Cl2F3N2O3. The van der Waals surface area contributed by atoms with Gasteiger partial charge in [-0.3, -0.25) is 4.79 Å². The molecule has 2 aromatic rings. The predicted octanol–water partition coefficient (Wildman–Crippen LogP) is 4.33. The molecule has 3 rings (SSSR count). The van der Waals surface area contributed by atoms with Gasteiger partial charge in [-0.05, 0) is 35.4 Å². The summed E-state index contributed by atoms with van der Waals surface area (Å²) in [7, 11) is 0. The van der Waals surface area contributed by atoms with Gasteiger partial charge in [-0.15, -0.1) is 0 Å². The van der Waals surface area contributed by atoms with E-state index in [1.807, 2.05) is 0 Å². The highest BCUT2D eigenvalue weighted by Crippen LogP contribution is 2.37. The molecule has 2 amide bonds. The molecule has 0 saturated carbocycles. The summed E-state index contributed by atoms with van der Waals surface area (Å²) in [5.74, 6) is -0.651. The average molecular weight is 433 g/mol. The van der Waals surface area contributed by atoms with Crippen LogP contribution in [0.4, 0.5) is 18.0 Å². The molecule has 5 nitrogen and oxygen atoms in total. The quantitative estimate of drug-likeness (QED) is 0.755. The Morgan fingerprint density at radius 2 is 1.79 bits per heavy atom. The molecular weight excluding hydrogens is 420 g/mol. The molecule has 1 aliphatic rings. The first-order valence-corrected chi connectivity index (χ1v) is 8.77. The molecule has 0 aliphatic carbocycles. The molecule has 1 fully saturated rings. The first kappa shape index (κ1) is 20.3. The van der Waals surface area contributed by atoms with Crippen molar-refractivity contribution in [1.29, 1.82) is 0 Å². The van der Waals surface area contributed by atoms with Gasteiger partial charge in [-0.1, -0.05) is 41.4 Å². The lowest BCUT2D eigenvalue weighted by Gasteiger charge is -2.22. The second-order valence-electron chi connectivity index (χ2n) is 6.01. The molecule has 28 heavy (non-hydrogen) atoms. The van der Waals surface area contributed by atoms with Crippen LogP contribution < -0.4 is 10.6 Å². The Morgan fingerprint density at radius 1 is 1.14 bits per heavy atom. The number of ether oxygens (including phenoxy) is 1. The third kappa shape index (κ3) is 4.51. The highest BCUT2D eigenvalue weighted by atomic mass is 35.5. The van der Waals surface area contributed by atoms with Crippen LogP contribution in [0.5, 0.6) is 0 Å². The van der Waals surface area contributed by atoms with Crippen LogP contribution in [-0.4, -0.2) is 24.6 Å². The van der Waals surface area contributed by atoms with Crippen molar-refractivity contribution in [3.05, 3.63) is 69.2 Å². The van der Waals surface area contributed by atoms with Crippen molar-refractivity contribution in [2.75, 3.05) is 6.54 Å². The summed E-state index contributed by atoms with van der Waals surface area (Å²) in [5.41, 5.74) is -0.371. The Hall–Kier alpha value is -2.45. The number of rotatable bonds is 4. The van der Waals surface area contributed by atoms with E-state index in [4.69, 9.17) is 27.9 Å². The molecule has 1 saturated heterocycles. The zero-order chi connectivity index (χ0) is 20.5. The maximum Gasteiger partial charge on any atom is 0.417 e. The van der Waals surface area contributed by atoms with Crippen LogP contribution in [0.3, 0.4) is 0 Å². The minimum absolute atomic E-state index is 0.0353. The number of carbonyl (C=O) groups excluding carboxylic acids is 2. The van der Waals surface area contributed by atoms with Gasteiger partial charge in [0, 0.05) is 5.02 Å². The van der Waals surface area contributed by atoms with Crippen molar-refractivity contribution in [2.24, 2.45) is 0 Å². The molecule has 0 radical (unpaired) electrons. The van der Waals surface area contributed by atoms with Crippen LogP contribution in [0.25, 0.3) is 0 Å². The summed E-state index contributed by atoms with van der Waals surface area (Å²) in [5, 5.41) is 4.93. The summed E-state index contributed by atoms with van der Waals surface area (Å²) in [6, 6.07) is 8.69. The summed E-state index contributed by atoms with van der Waals surface area (Å²) in [4.78, 5) is 23.6. The van der Waals surface area contributed by atoms with E-state index in [9.17, 15) is 22.8 Å². The number of alkyl carbamates (subject to hydrolysis) is 1. The van der Waals surface area contributed by atoms with Crippen LogP contribution in [0, 0.1) is 0 Å². The van der Waals surface area contributed by atoms with Gasteiger partial charge in [0.05, 0.1) is 23.2 Å². The Morgan fingerprint density at radius 3 is 2.36 bits per heavy atom. The smallest absolute Gasteiger partial charge is 0.417 e. The van der Waals surface area contributed by atoms with Gasteiger partial charge in [0.25, 0.3) is 5.91 Å². The van der Waals surface area contributed by atoms with E-state index in [0.717, 1.165) is 12.1 Å². The van der Waals surface area contributed by atoms with Gasteiger partial charge < -0.3 is 15.4 Å². The van der Waals surface area contributed by atoms with Crippen LogP contribution in [0.15, 0.2) is 42.5 Å². The van der Waals surface area contributed by atoms with E-state index in [2.05, 4.69) is 10.6 Å². The van der Waals surface area contributed by atoms with Crippen molar-refractivity contribution >= 4 is 35.2 Å². The molecule has 2 N–H and O–H groups in total. The molecule has 1 heterocycles. The van der Waals surface area contributed by atoms with Gasteiger partial charge in [-0.2, -0.15) is 13.2 Å². The third-order valence-electron chi connectivity index (χ3n) is 4.09. The summed E-state index contributed by atoms with van der Waals surface area (Å²) in [6.07, 6.45) is -6.49. The standard InChI is InChI=1S/C18H13Cl2F3N2O3/c19-11-4-1-9(2-5-11)15(25-16(26)14-8-24-17(27)28-14)10-3-6-13(20)12(7-10)18(21,22)23/h1-7,14-15H,8H2,(H,24,27)(H,25,26)/t14-,15-/m0/s1. The zero-order valence-electron chi connectivity index (χ0n) is 14.0. The maximum absolute atomic E-state index is 13.2. The lowest BCUT2D eigenvalue weighted by molar-refractivity contribution is -0.137. The Balaban J connectivity index is 1.98. The van der Waals surface area contributed by atoms with Gasteiger partial charge in [-0.25, -0.2) is 4.79 Å². The monoisotopic (exact) mass is 432 g/mol. The second kappa shape index (κ2) is 7.89. The number of alkyl halides is 3. The summed E-state index contributed by atoms with van der Waals surface area (Å²) in [6.45, 7) is -0.0353. The van der Waals surface area contributed by atoms with Gasteiger partial charge in [0.15, 0.2) is 6.10 Å². The first-order chi connectivity index (χ1) is 13.1. The van der Waals surface area contributed by atoms with Crippen molar-refractivity contribution in [3.8, 4) is 0 Å². The molecule has 148 valence electrons. The number of halogens is 5. The number of amides is 2. The lowest BCUT2D eigenvalue weighted by Crippen LogP contribution is -2.39. The highest BCUT2D eigenvalue weighted by Gasteiger charge is 2.35. The zero-order valence-corrected chi connectivity index (χ0v) is 15.5. The van der Waals surface area contributed by atoms with E-state index in [-0.39, 0.29) is 12.1 Å². The van der Waals surface area contributed by atoms with Crippen molar-refractivity contribution < 1.29 is 27.5 Å². The molecule has 0 bridgehead atoms. The number of cyclic esters (lactones) is 1. The number of hydrogen-bond acceptors (Lipinski definition) is 3. The van der Waals surface area contributed by atoms with Crippen LogP contribution in [-0.2, 0) is 15.7 Å². The van der Waals surface area contributed by atoms with Crippen LogP contribution in [0.1, 0.15) is 22.7 Å². The van der Waals surface area contributed by atoms with Crippen LogP contribution in [0.2, 0.25) is 10.0 Å². The van der Waals surface area contributed by atoms with E-state index < -0.39 is 40.9 Å². The molecule has 2 atom stereocenters. The van der Waals surface area contributed by atoms with E-state index in [1.54, 1.807) is 24.3 Å². The van der Waals surface area contributed by atoms with E-state index in [1.165, 1.54) is 6.07 Å². The SMILES string of the molecule is O=C1NC[C@@H](C(=O)N[C@@H](c2ccc(Cl)cc2)c2ccc(Cl)c(C(F)(F)F)c2)O1. The van der Waals surface area contributed by atoms with E-state index in [0.29, 0.717) is 10.6 Å². The number of nitrogens with one attached hydrogen (secondary N) is 2. The molecule has 2 aromatic carbocycles. The predicted molar refractivity (Wildman–Crippen MR) is 96.2 cm³/mol. The fourth-order valence-corrected chi connectivity index (χ4v) is 3.07. The van der Waals surface area contributed by atoms with E-state index >= 15 is 0 Å². The Kier molecular flexibility index (Phi) is 5.71. The third-order valence-corrected chi connectivity index (χ3v) is 4.67. The lowest BCUT2D eigenvalue weighted by atomic mass is 9.96. The molecule has 0 aromatic heterocycles. The molecule has 10 heteroatoms. The minimum atomic E-state index is -4.66. The fourth-order valence-electron chi connectivity index (χ4n) is 2.72. The van der Waals surface area contributed by atoms with Crippen molar-refractivity contribution in [2.45, 2.75) is 18.3 Å². The van der Waals surface area contributed by atoms with Crippen LogP contribution >= 0.6 is 23.2 Å². The summed E-state index contributed by atoms with van der Waals surface area (Å²) >= 11 is 11.6. The average Bonchev–Trinajstić information content (AvgIpc) is 3.07. The first-order valence-electron chi connectivity index (χ1n) is 8.02. The van der Waals surface area contributed by atoms with Gasteiger partial charge in [0.2, 0.25) is 0 Å². The highest BCUT2D eigenvalue weighted by molar-refractivity contribution is 6.31. The van der Waals surface area contributed by atoms with Crippen molar-refractivity contribution in [1.82, 2.24) is 10.6 Å². The topological polar surface area (TPSA) is 67.4 Å². The molecule has 1 aliphatic heterocycles. The number of hydrogen-bond donors (Lipinski definition) is 2. The Labute approximate surface area is 167 Å². The van der Waals surface area contributed by atoms with Crippen molar-refractivity contribution in [3.63, 3.8) is 0 Å².